The van der Waals surface area contributed by atoms with Crippen molar-refractivity contribution in [2.24, 2.45) is 0 Å². The molecule has 0 saturated heterocycles. The lowest BCUT2D eigenvalue weighted by Gasteiger charge is -2.17. The number of halogens is 1. The van der Waals surface area contributed by atoms with E-state index in [1.807, 2.05) is 58.0 Å². The number of amides is 1. The highest BCUT2D eigenvalue weighted by molar-refractivity contribution is 6.32. The third-order valence-electron chi connectivity index (χ3n) is 4.17. The second kappa shape index (κ2) is 10.2. The van der Waals surface area contributed by atoms with E-state index in [2.05, 4.69) is 5.32 Å². The zero-order valence-electron chi connectivity index (χ0n) is 17.1. The van der Waals surface area contributed by atoms with E-state index in [0.717, 1.165) is 16.7 Å². The SMILES string of the molecule is CCOc1ccc(CNC(=O)[C@H](C)Oc2cc(C)c(Cl)c(C)c2)cc1OCC. The van der Waals surface area contributed by atoms with Crippen LogP contribution in [0.15, 0.2) is 30.3 Å². The van der Waals surface area contributed by atoms with Crippen LogP contribution in [0.2, 0.25) is 5.02 Å². The van der Waals surface area contributed by atoms with E-state index in [-0.39, 0.29) is 5.91 Å². The van der Waals surface area contributed by atoms with Crippen LogP contribution in [0.1, 0.15) is 37.5 Å². The molecule has 0 fully saturated rings. The van der Waals surface area contributed by atoms with Gasteiger partial charge in [-0.1, -0.05) is 17.7 Å². The Balaban J connectivity index is 1.98. The van der Waals surface area contributed by atoms with Crippen molar-refractivity contribution in [3.8, 4) is 17.2 Å². The standard InChI is InChI=1S/C22H28ClNO4/c1-6-26-19-9-8-17(12-20(19)27-7-2)13-24-22(25)16(5)28-18-10-14(3)21(23)15(4)11-18/h8-12,16H,6-7,13H2,1-5H3,(H,24,25)/t16-/m0/s1. The Kier molecular flexibility index (Phi) is 8.00. The van der Waals surface area contributed by atoms with Gasteiger partial charge in [0.2, 0.25) is 0 Å². The second-order valence-corrected chi connectivity index (χ2v) is 6.87. The molecular weight excluding hydrogens is 378 g/mol. The van der Waals surface area contributed by atoms with Crippen LogP contribution in [0, 0.1) is 13.8 Å². The van der Waals surface area contributed by atoms with Crippen LogP contribution in [0.5, 0.6) is 17.2 Å². The number of nitrogens with one attached hydrogen (secondary N) is 1. The quantitative estimate of drug-likeness (QED) is 0.648. The Morgan fingerprint density at radius 1 is 1.04 bits per heavy atom. The zero-order chi connectivity index (χ0) is 20.7. The smallest absolute Gasteiger partial charge is 0.261 e. The molecule has 2 aromatic rings. The maximum Gasteiger partial charge on any atom is 0.261 e. The van der Waals surface area contributed by atoms with E-state index in [4.69, 9.17) is 25.8 Å². The number of ether oxygens (including phenoxy) is 3. The summed E-state index contributed by atoms with van der Waals surface area (Å²) < 4.78 is 17.0. The minimum Gasteiger partial charge on any atom is -0.490 e. The average molecular weight is 406 g/mol. The number of carbonyl (C=O) groups is 1. The maximum atomic E-state index is 12.4. The van der Waals surface area contributed by atoms with Gasteiger partial charge in [-0.3, -0.25) is 4.79 Å². The summed E-state index contributed by atoms with van der Waals surface area (Å²) >= 11 is 6.18. The normalized spacial score (nSPS) is 11.6. The highest BCUT2D eigenvalue weighted by Gasteiger charge is 2.16. The van der Waals surface area contributed by atoms with Crippen molar-refractivity contribution in [2.75, 3.05) is 13.2 Å². The molecule has 0 aliphatic rings. The first-order chi connectivity index (χ1) is 13.3. The van der Waals surface area contributed by atoms with Gasteiger partial charge in [0, 0.05) is 11.6 Å². The molecule has 1 N–H and O–H groups in total. The molecule has 0 spiro atoms. The lowest BCUT2D eigenvalue weighted by molar-refractivity contribution is -0.127. The van der Waals surface area contributed by atoms with Gasteiger partial charge in [-0.15, -0.1) is 0 Å². The first kappa shape index (κ1) is 21.9. The monoisotopic (exact) mass is 405 g/mol. The summed E-state index contributed by atoms with van der Waals surface area (Å²) in [6, 6.07) is 9.31. The Bertz CT molecular complexity index is 799. The molecule has 0 aliphatic heterocycles. The van der Waals surface area contributed by atoms with Crippen molar-refractivity contribution < 1.29 is 19.0 Å². The van der Waals surface area contributed by atoms with Crippen LogP contribution < -0.4 is 19.5 Å². The zero-order valence-corrected chi connectivity index (χ0v) is 17.9. The third kappa shape index (κ3) is 5.80. The van der Waals surface area contributed by atoms with Crippen LogP contribution in [0.25, 0.3) is 0 Å². The third-order valence-corrected chi connectivity index (χ3v) is 4.76. The Hall–Kier alpha value is -2.40. The molecule has 0 unspecified atom stereocenters. The number of hydrogen-bond donors (Lipinski definition) is 1. The Labute approximate surface area is 171 Å². The first-order valence-electron chi connectivity index (χ1n) is 9.45. The van der Waals surface area contributed by atoms with E-state index in [9.17, 15) is 4.79 Å². The van der Waals surface area contributed by atoms with Crippen molar-refractivity contribution in [3.05, 3.63) is 52.0 Å². The van der Waals surface area contributed by atoms with Crippen molar-refractivity contribution in [1.82, 2.24) is 5.32 Å². The van der Waals surface area contributed by atoms with E-state index in [1.165, 1.54) is 0 Å². The summed E-state index contributed by atoms with van der Waals surface area (Å²) in [5.74, 6) is 1.80. The highest BCUT2D eigenvalue weighted by Crippen LogP contribution is 2.29. The van der Waals surface area contributed by atoms with Gasteiger partial charge < -0.3 is 19.5 Å². The molecule has 0 aliphatic carbocycles. The topological polar surface area (TPSA) is 56.8 Å². The number of hydrogen-bond acceptors (Lipinski definition) is 4. The van der Waals surface area contributed by atoms with Crippen molar-refractivity contribution in [2.45, 2.75) is 47.3 Å². The Morgan fingerprint density at radius 2 is 1.64 bits per heavy atom. The molecule has 6 heteroatoms. The van der Waals surface area contributed by atoms with Crippen LogP contribution in [-0.2, 0) is 11.3 Å². The van der Waals surface area contributed by atoms with Crippen LogP contribution in [0.4, 0.5) is 0 Å². The molecule has 152 valence electrons. The summed E-state index contributed by atoms with van der Waals surface area (Å²) in [7, 11) is 0. The van der Waals surface area contributed by atoms with Crippen molar-refractivity contribution >= 4 is 17.5 Å². The summed E-state index contributed by atoms with van der Waals surface area (Å²) in [5.41, 5.74) is 2.76. The minimum absolute atomic E-state index is 0.197. The molecule has 28 heavy (non-hydrogen) atoms. The number of rotatable bonds is 9. The molecule has 5 nitrogen and oxygen atoms in total. The summed E-state index contributed by atoms with van der Waals surface area (Å²) in [6.45, 7) is 10.9. The van der Waals surface area contributed by atoms with Crippen molar-refractivity contribution in [1.29, 1.82) is 0 Å². The number of aryl methyl sites for hydroxylation is 2. The van der Waals surface area contributed by atoms with Gasteiger partial charge in [0.1, 0.15) is 5.75 Å². The maximum absolute atomic E-state index is 12.4. The molecule has 2 rings (SSSR count). The van der Waals surface area contributed by atoms with Gasteiger partial charge in [-0.25, -0.2) is 0 Å². The molecule has 0 radical (unpaired) electrons. The van der Waals surface area contributed by atoms with Crippen LogP contribution >= 0.6 is 11.6 Å². The molecule has 0 saturated carbocycles. The number of benzene rings is 2. The fourth-order valence-corrected chi connectivity index (χ4v) is 2.88. The van der Waals surface area contributed by atoms with Gasteiger partial charge in [0.05, 0.1) is 13.2 Å². The highest BCUT2D eigenvalue weighted by atomic mass is 35.5. The summed E-state index contributed by atoms with van der Waals surface area (Å²) in [4.78, 5) is 12.4. The van der Waals surface area contributed by atoms with E-state index < -0.39 is 6.10 Å². The average Bonchev–Trinajstić information content (AvgIpc) is 2.66. The number of carbonyl (C=O) groups excluding carboxylic acids is 1. The second-order valence-electron chi connectivity index (χ2n) is 6.50. The van der Waals surface area contributed by atoms with Gasteiger partial charge in [-0.05, 0) is 75.6 Å². The fraction of sp³-hybridized carbons (Fsp3) is 0.409. The molecule has 2 aromatic carbocycles. The van der Waals surface area contributed by atoms with Gasteiger partial charge in [0.25, 0.3) is 5.91 Å². The largest absolute Gasteiger partial charge is 0.490 e. The van der Waals surface area contributed by atoms with Crippen LogP contribution in [0.3, 0.4) is 0 Å². The molecule has 1 amide bonds. The van der Waals surface area contributed by atoms with Gasteiger partial charge in [0.15, 0.2) is 17.6 Å². The lowest BCUT2D eigenvalue weighted by Crippen LogP contribution is -2.35. The molecule has 0 aromatic heterocycles. The Morgan fingerprint density at radius 3 is 2.25 bits per heavy atom. The predicted octanol–water partition coefficient (Wildman–Crippen LogP) is 4.84. The fourth-order valence-electron chi connectivity index (χ4n) is 2.77. The van der Waals surface area contributed by atoms with E-state index in [0.29, 0.717) is 42.0 Å². The van der Waals surface area contributed by atoms with Crippen LogP contribution in [-0.4, -0.2) is 25.2 Å². The van der Waals surface area contributed by atoms with E-state index >= 15 is 0 Å². The first-order valence-corrected chi connectivity index (χ1v) is 9.83. The van der Waals surface area contributed by atoms with Gasteiger partial charge in [-0.2, -0.15) is 0 Å². The predicted molar refractivity (Wildman–Crippen MR) is 112 cm³/mol. The summed E-state index contributed by atoms with van der Waals surface area (Å²) in [5, 5.41) is 3.61. The molecule has 0 heterocycles. The minimum atomic E-state index is -0.631. The van der Waals surface area contributed by atoms with Crippen molar-refractivity contribution in [3.63, 3.8) is 0 Å². The molecular formula is C22H28ClNO4. The molecule has 0 bridgehead atoms. The van der Waals surface area contributed by atoms with E-state index in [1.54, 1.807) is 6.92 Å². The lowest BCUT2D eigenvalue weighted by atomic mass is 10.1. The summed E-state index contributed by atoms with van der Waals surface area (Å²) in [6.07, 6.45) is -0.631. The molecule has 1 atom stereocenters. The van der Waals surface area contributed by atoms with Gasteiger partial charge >= 0.3 is 0 Å².